The van der Waals surface area contributed by atoms with E-state index < -0.39 is 0 Å². The molecule has 1 aliphatic rings. The van der Waals surface area contributed by atoms with E-state index >= 15 is 0 Å². The third-order valence-electron chi connectivity index (χ3n) is 3.84. The Balaban J connectivity index is 2.22. The van der Waals surface area contributed by atoms with Crippen LogP contribution >= 0.6 is 0 Å². The Morgan fingerprint density at radius 3 is 2.65 bits per heavy atom. The third kappa shape index (κ3) is 4.64. The molecular weight excluding hydrogens is 218 g/mol. The van der Waals surface area contributed by atoms with E-state index in [1.807, 2.05) is 6.92 Å². The predicted molar refractivity (Wildman–Crippen MR) is 66.7 cm³/mol. The minimum absolute atomic E-state index is 0.0530. The van der Waals surface area contributed by atoms with Crippen molar-refractivity contribution in [2.45, 2.75) is 51.6 Å². The maximum absolute atomic E-state index is 11.6. The van der Waals surface area contributed by atoms with Gasteiger partial charge in [0, 0.05) is 25.5 Å². The van der Waals surface area contributed by atoms with Crippen molar-refractivity contribution in [1.82, 2.24) is 5.32 Å². The van der Waals surface area contributed by atoms with Crippen molar-refractivity contribution < 1.29 is 14.6 Å². The molecule has 0 spiro atoms. The van der Waals surface area contributed by atoms with Crippen LogP contribution in [0.15, 0.2) is 0 Å². The normalized spacial score (nSPS) is 20.2. The maximum atomic E-state index is 11.6. The van der Waals surface area contributed by atoms with Crippen LogP contribution < -0.4 is 5.32 Å². The van der Waals surface area contributed by atoms with Gasteiger partial charge in [0.15, 0.2) is 0 Å². The first kappa shape index (κ1) is 14.5. The summed E-state index contributed by atoms with van der Waals surface area (Å²) in [7, 11) is 1.65. The van der Waals surface area contributed by atoms with Crippen LogP contribution in [0.25, 0.3) is 0 Å². The van der Waals surface area contributed by atoms with E-state index in [4.69, 9.17) is 4.74 Å². The molecule has 100 valence electrons. The van der Waals surface area contributed by atoms with Gasteiger partial charge in [0.25, 0.3) is 0 Å². The van der Waals surface area contributed by atoms with Crippen LogP contribution in [0.2, 0.25) is 0 Å². The molecule has 2 N–H and O–H groups in total. The summed E-state index contributed by atoms with van der Waals surface area (Å²) in [5.74, 6) is 0.0635. The lowest BCUT2D eigenvalue weighted by molar-refractivity contribution is -0.122. The fourth-order valence-corrected chi connectivity index (χ4v) is 2.34. The Hall–Kier alpha value is -0.610. The molecule has 1 rings (SSSR count). The smallest absolute Gasteiger partial charge is 0.220 e. The van der Waals surface area contributed by atoms with Gasteiger partial charge in [-0.15, -0.1) is 0 Å². The minimum atomic E-state index is -0.0530. The van der Waals surface area contributed by atoms with Crippen LogP contribution in [-0.2, 0) is 9.53 Å². The summed E-state index contributed by atoms with van der Waals surface area (Å²) in [4.78, 5) is 11.6. The molecule has 0 aromatic rings. The molecule has 17 heavy (non-hydrogen) atoms. The summed E-state index contributed by atoms with van der Waals surface area (Å²) < 4.78 is 5.10. The van der Waals surface area contributed by atoms with Gasteiger partial charge in [-0.05, 0) is 26.2 Å². The summed E-state index contributed by atoms with van der Waals surface area (Å²) >= 11 is 0. The van der Waals surface area contributed by atoms with Gasteiger partial charge in [-0.3, -0.25) is 4.79 Å². The topological polar surface area (TPSA) is 58.6 Å². The Bertz CT molecular complexity index is 237. The molecule has 0 radical (unpaired) electrons. The first-order chi connectivity index (χ1) is 8.12. The van der Waals surface area contributed by atoms with Crippen molar-refractivity contribution in [3.8, 4) is 0 Å². The van der Waals surface area contributed by atoms with Crippen LogP contribution in [0.3, 0.4) is 0 Å². The molecule has 0 aromatic carbocycles. The fourth-order valence-electron chi connectivity index (χ4n) is 2.34. The van der Waals surface area contributed by atoms with Gasteiger partial charge in [-0.1, -0.05) is 12.8 Å². The molecule has 0 aliphatic heterocycles. The Morgan fingerprint density at radius 2 is 2.12 bits per heavy atom. The number of ether oxygens (including phenoxy) is 1. The average Bonchev–Trinajstić information content (AvgIpc) is 2.82. The highest BCUT2D eigenvalue weighted by Gasteiger charge is 2.33. The van der Waals surface area contributed by atoms with Crippen LogP contribution in [0.1, 0.15) is 45.4 Å². The van der Waals surface area contributed by atoms with E-state index in [1.54, 1.807) is 7.11 Å². The largest absolute Gasteiger partial charge is 0.396 e. The number of aliphatic hydroxyl groups excluding tert-OH is 1. The number of aliphatic hydroxyl groups is 1. The van der Waals surface area contributed by atoms with Gasteiger partial charge in [0.2, 0.25) is 5.91 Å². The lowest BCUT2D eigenvalue weighted by atomic mass is 9.87. The fraction of sp³-hybridized carbons (Fsp3) is 0.923. The van der Waals surface area contributed by atoms with Crippen LogP contribution in [-0.4, -0.2) is 37.4 Å². The molecule has 4 nitrogen and oxygen atoms in total. The first-order valence-corrected chi connectivity index (χ1v) is 6.52. The van der Waals surface area contributed by atoms with E-state index in [9.17, 15) is 9.90 Å². The molecule has 1 saturated carbocycles. The number of carbonyl (C=O) groups excluding carboxylic acids is 1. The standard InChI is InChI=1S/C13H25NO3/c1-11(17-2)5-6-12(16)14-9-13(10-15)7-3-4-8-13/h11,15H,3-10H2,1-2H3,(H,14,16). The molecule has 1 unspecified atom stereocenters. The van der Waals surface area contributed by atoms with E-state index in [1.165, 1.54) is 0 Å². The number of nitrogens with one attached hydrogen (secondary N) is 1. The lowest BCUT2D eigenvalue weighted by Gasteiger charge is -2.26. The van der Waals surface area contributed by atoms with Crippen LogP contribution in [0.5, 0.6) is 0 Å². The van der Waals surface area contributed by atoms with Crippen molar-refractivity contribution >= 4 is 5.91 Å². The van der Waals surface area contributed by atoms with Gasteiger partial charge in [0.1, 0.15) is 0 Å². The second kappa shape index (κ2) is 6.97. The Morgan fingerprint density at radius 1 is 1.47 bits per heavy atom. The summed E-state index contributed by atoms with van der Waals surface area (Å²) in [5.41, 5.74) is -0.0530. The average molecular weight is 243 g/mol. The molecule has 0 aromatic heterocycles. The molecule has 0 saturated heterocycles. The zero-order valence-electron chi connectivity index (χ0n) is 11.0. The quantitative estimate of drug-likeness (QED) is 0.712. The molecule has 1 amide bonds. The predicted octanol–water partition coefficient (Wildman–Crippen LogP) is 1.47. The monoisotopic (exact) mass is 243 g/mol. The molecular formula is C13H25NO3. The van der Waals surface area contributed by atoms with Crippen molar-refractivity contribution in [3.63, 3.8) is 0 Å². The van der Waals surface area contributed by atoms with Gasteiger partial charge < -0.3 is 15.2 Å². The first-order valence-electron chi connectivity index (χ1n) is 6.52. The van der Waals surface area contributed by atoms with Gasteiger partial charge >= 0.3 is 0 Å². The molecule has 1 fully saturated rings. The number of rotatable bonds is 7. The highest BCUT2D eigenvalue weighted by atomic mass is 16.5. The van der Waals surface area contributed by atoms with E-state index in [2.05, 4.69) is 5.32 Å². The number of amides is 1. The SMILES string of the molecule is COC(C)CCC(=O)NCC1(CO)CCCC1. The zero-order valence-corrected chi connectivity index (χ0v) is 11.0. The van der Waals surface area contributed by atoms with Crippen molar-refractivity contribution in [2.24, 2.45) is 5.41 Å². The van der Waals surface area contributed by atoms with Gasteiger partial charge in [-0.2, -0.15) is 0 Å². The summed E-state index contributed by atoms with van der Waals surface area (Å²) in [5, 5.41) is 12.4. The van der Waals surface area contributed by atoms with Crippen LogP contribution in [0, 0.1) is 5.41 Å². The second-order valence-corrected chi connectivity index (χ2v) is 5.23. The van der Waals surface area contributed by atoms with E-state index in [-0.39, 0.29) is 24.0 Å². The number of methoxy groups -OCH3 is 1. The highest BCUT2D eigenvalue weighted by Crippen LogP contribution is 2.36. The van der Waals surface area contributed by atoms with Crippen molar-refractivity contribution in [2.75, 3.05) is 20.3 Å². The number of hydrogen-bond donors (Lipinski definition) is 2. The van der Waals surface area contributed by atoms with Gasteiger partial charge in [-0.25, -0.2) is 0 Å². The van der Waals surface area contributed by atoms with Gasteiger partial charge in [0.05, 0.1) is 12.7 Å². The zero-order chi connectivity index (χ0) is 12.7. The Labute approximate surface area is 104 Å². The molecule has 1 atom stereocenters. The molecule has 4 heteroatoms. The highest BCUT2D eigenvalue weighted by molar-refractivity contribution is 5.75. The number of carbonyl (C=O) groups is 1. The third-order valence-corrected chi connectivity index (χ3v) is 3.84. The Kier molecular flexibility index (Phi) is 5.92. The maximum Gasteiger partial charge on any atom is 0.220 e. The van der Waals surface area contributed by atoms with Crippen molar-refractivity contribution in [1.29, 1.82) is 0 Å². The summed E-state index contributed by atoms with van der Waals surface area (Å²) in [6.45, 7) is 2.75. The summed E-state index contributed by atoms with van der Waals surface area (Å²) in [6.07, 6.45) is 5.74. The van der Waals surface area contributed by atoms with Crippen LogP contribution in [0.4, 0.5) is 0 Å². The van der Waals surface area contributed by atoms with Crippen molar-refractivity contribution in [3.05, 3.63) is 0 Å². The molecule has 0 bridgehead atoms. The molecule has 0 heterocycles. The second-order valence-electron chi connectivity index (χ2n) is 5.23. The minimum Gasteiger partial charge on any atom is -0.396 e. The summed E-state index contributed by atoms with van der Waals surface area (Å²) in [6, 6.07) is 0. The van der Waals surface area contributed by atoms with E-state index in [0.29, 0.717) is 13.0 Å². The van der Waals surface area contributed by atoms with E-state index in [0.717, 1.165) is 32.1 Å². The number of hydrogen-bond acceptors (Lipinski definition) is 3. The molecule has 1 aliphatic carbocycles. The lowest BCUT2D eigenvalue weighted by Crippen LogP contribution is -2.38.